The Balaban J connectivity index is 2.06. The number of nitrogens with two attached hydrogens (primary N) is 1. The summed E-state index contributed by atoms with van der Waals surface area (Å²) in [5.74, 6) is -0.0739. The predicted octanol–water partition coefficient (Wildman–Crippen LogP) is 2.23. The number of carbonyl (C=O) groups excluding carboxylic acids is 2. The molecule has 1 unspecified atom stereocenters. The highest BCUT2D eigenvalue weighted by Gasteiger charge is 2.26. The van der Waals surface area contributed by atoms with Gasteiger partial charge in [-0.3, -0.25) is 9.59 Å². The zero-order valence-electron chi connectivity index (χ0n) is 13.3. The first kappa shape index (κ1) is 16.5. The van der Waals surface area contributed by atoms with Crippen LogP contribution in [0.4, 0.5) is 5.69 Å². The van der Waals surface area contributed by atoms with Gasteiger partial charge in [0, 0.05) is 36.3 Å². The normalized spacial score (nSPS) is 18.4. The lowest BCUT2D eigenvalue weighted by Crippen LogP contribution is -2.47. The molecule has 22 heavy (non-hydrogen) atoms. The number of hydrogen-bond donors (Lipinski definition) is 2. The largest absolute Gasteiger partial charge is 0.334 e. The summed E-state index contributed by atoms with van der Waals surface area (Å²) in [4.78, 5) is 26.1. The van der Waals surface area contributed by atoms with Crippen molar-refractivity contribution >= 4 is 17.5 Å². The Morgan fingerprint density at radius 2 is 1.95 bits per heavy atom. The molecule has 0 aromatic heterocycles. The molecule has 1 heterocycles. The maximum atomic E-state index is 12.6. The van der Waals surface area contributed by atoms with Gasteiger partial charge in [-0.15, -0.1) is 0 Å². The number of likely N-dealkylation sites (tertiary alicyclic amines) is 1. The van der Waals surface area contributed by atoms with Crippen molar-refractivity contribution in [2.24, 2.45) is 11.7 Å². The van der Waals surface area contributed by atoms with Crippen molar-refractivity contribution in [3.63, 3.8) is 0 Å². The zero-order valence-corrected chi connectivity index (χ0v) is 13.3. The van der Waals surface area contributed by atoms with Crippen LogP contribution in [-0.2, 0) is 4.79 Å². The van der Waals surface area contributed by atoms with Gasteiger partial charge in [0.25, 0.3) is 5.91 Å². The first-order valence-corrected chi connectivity index (χ1v) is 7.95. The number of hydrogen-bond acceptors (Lipinski definition) is 3. The van der Waals surface area contributed by atoms with Gasteiger partial charge in [-0.05, 0) is 43.5 Å². The molecule has 2 rings (SSSR count). The van der Waals surface area contributed by atoms with Crippen LogP contribution in [0.15, 0.2) is 24.3 Å². The average molecular weight is 303 g/mol. The maximum absolute atomic E-state index is 12.6. The van der Waals surface area contributed by atoms with Crippen LogP contribution in [0.25, 0.3) is 0 Å². The molecule has 0 aliphatic carbocycles. The lowest BCUT2D eigenvalue weighted by atomic mass is 10.0. The highest BCUT2D eigenvalue weighted by atomic mass is 16.2. The molecule has 1 aromatic carbocycles. The van der Waals surface area contributed by atoms with Crippen LogP contribution in [0, 0.1) is 5.92 Å². The van der Waals surface area contributed by atoms with E-state index in [0.29, 0.717) is 17.8 Å². The molecular formula is C17H25N3O2. The van der Waals surface area contributed by atoms with Crippen LogP contribution in [0.3, 0.4) is 0 Å². The van der Waals surface area contributed by atoms with Crippen molar-refractivity contribution in [1.82, 2.24) is 4.90 Å². The number of nitrogens with zero attached hydrogens (tertiary/aromatic N) is 1. The summed E-state index contributed by atoms with van der Waals surface area (Å²) in [6.45, 7) is 4.97. The number of piperidine rings is 1. The molecule has 0 bridgehead atoms. The Bertz CT molecular complexity index is 525. The van der Waals surface area contributed by atoms with Crippen LogP contribution in [-0.4, -0.2) is 35.8 Å². The van der Waals surface area contributed by atoms with Crippen molar-refractivity contribution < 1.29 is 9.59 Å². The van der Waals surface area contributed by atoms with Crippen molar-refractivity contribution in [1.29, 1.82) is 0 Å². The Kier molecular flexibility index (Phi) is 5.55. The van der Waals surface area contributed by atoms with E-state index in [1.165, 1.54) is 0 Å². The molecule has 1 saturated heterocycles. The fourth-order valence-electron chi connectivity index (χ4n) is 2.66. The monoisotopic (exact) mass is 303 g/mol. The number of carbonyl (C=O) groups is 2. The fourth-order valence-corrected chi connectivity index (χ4v) is 2.66. The van der Waals surface area contributed by atoms with Gasteiger partial charge >= 0.3 is 0 Å². The summed E-state index contributed by atoms with van der Waals surface area (Å²) >= 11 is 0. The summed E-state index contributed by atoms with van der Waals surface area (Å²) in [7, 11) is 0. The summed E-state index contributed by atoms with van der Waals surface area (Å²) < 4.78 is 0. The quantitative estimate of drug-likeness (QED) is 0.895. The minimum atomic E-state index is -0.0695. The van der Waals surface area contributed by atoms with Crippen molar-refractivity contribution in [2.45, 2.75) is 39.2 Å². The Morgan fingerprint density at radius 1 is 1.27 bits per heavy atom. The van der Waals surface area contributed by atoms with Crippen LogP contribution in [0.2, 0.25) is 0 Å². The van der Waals surface area contributed by atoms with Crippen molar-refractivity contribution in [2.75, 3.05) is 18.4 Å². The Morgan fingerprint density at radius 3 is 2.55 bits per heavy atom. The van der Waals surface area contributed by atoms with Crippen LogP contribution < -0.4 is 11.1 Å². The van der Waals surface area contributed by atoms with Gasteiger partial charge in [0.1, 0.15) is 0 Å². The Hall–Kier alpha value is -1.88. The third kappa shape index (κ3) is 3.85. The van der Waals surface area contributed by atoms with E-state index in [4.69, 9.17) is 5.73 Å². The summed E-state index contributed by atoms with van der Waals surface area (Å²) in [5, 5.41) is 2.82. The molecule has 1 aromatic rings. The molecule has 1 fully saturated rings. The third-order valence-electron chi connectivity index (χ3n) is 4.08. The molecule has 120 valence electrons. The standard InChI is InChI=1S/C17H25N3O2/c1-12(2)16(21)19-14-8-6-13(7-9-14)17(22)20-10-4-3-5-15(20)11-18/h6-9,12,15H,3-5,10-11,18H2,1-2H3,(H,19,21). The smallest absolute Gasteiger partial charge is 0.254 e. The van der Waals surface area contributed by atoms with Gasteiger partial charge in [0.05, 0.1) is 0 Å². The molecular weight excluding hydrogens is 278 g/mol. The minimum absolute atomic E-state index is 0.0249. The van der Waals surface area contributed by atoms with E-state index in [9.17, 15) is 9.59 Å². The lowest BCUT2D eigenvalue weighted by Gasteiger charge is -2.35. The second-order valence-corrected chi connectivity index (χ2v) is 6.11. The number of nitrogens with one attached hydrogen (secondary N) is 1. The highest BCUT2D eigenvalue weighted by molar-refractivity contribution is 5.96. The van der Waals surface area contributed by atoms with Gasteiger partial charge in [0.15, 0.2) is 0 Å². The SMILES string of the molecule is CC(C)C(=O)Nc1ccc(C(=O)N2CCCCC2CN)cc1. The summed E-state index contributed by atoms with van der Waals surface area (Å²) in [6, 6.07) is 7.21. The molecule has 0 radical (unpaired) electrons. The highest BCUT2D eigenvalue weighted by Crippen LogP contribution is 2.20. The van der Waals surface area contributed by atoms with E-state index in [1.54, 1.807) is 24.3 Å². The second-order valence-electron chi connectivity index (χ2n) is 6.11. The maximum Gasteiger partial charge on any atom is 0.254 e. The van der Waals surface area contributed by atoms with Gasteiger partial charge in [-0.2, -0.15) is 0 Å². The minimum Gasteiger partial charge on any atom is -0.334 e. The van der Waals surface area contributed by atoms with Gasteiger partial charge in [-0.25, -0.2) is 0 Å². The summed E-state index contributed by atoms with van der Waals surface area (Å²) in [6.07, 6.45) is 3.14. The first-order valence-electron chi connectivity index (χ1n) is 7.95. The number of benzene rings is 1. The fraction of sp³-hybridized carbons (Fsp3) is 0.529. The third-order valence-corrected chi connectivity index (χ3v) is 4.08. The molecule has 0 spiro atoms. The van der Waals surface area contributed by atoms with E-state index in [-0.39, 0.29) is 23.8 Å². The average Bonchev–Trinajstić information content (AvgIpc) is 2.54. The van der Waals surface area contributed by atoms with E-state index in [0.717, 1.165) is 25.8 Å². The van der Waals surface area contributed by atoms with Gasteiger partial charge in [0.2, 0.25) is 5.91 Å². The number of anilines is 1. The molecule has 2 amide bonds. The second kappa shape index (κ2) is 7.40. The van der Waals surface area contributed by atoms with E-state index >= 15 is 0 Å². The zero-order chi connectivity index (χ0) is 16.1. The molecule has 1 atom stereocenters. The van der Waals surface area contributed by atoms with E-state index in [1.807, 2.05) is 18.7 Å². The summed E-state index contributed by atoms with van der Waals surface area (Å²) in [5.41, 5.74) is 7.13. The van der Waals surface area contributed by atoms with Crippen LogP contribution in [0.1, 0.15) is 43.5 Å². The molecule has 1 aliphatic rings. The Labute approximate surface area is 131 Å². The van der Waals surface area contributed by atoms with E-state index in [2.05, 4.69) is 5.32 Å². The predicted molar refractivity (Wildman–Crippen MR) is 87.6 cm³/mol. The number of amides is 2. The number of rotatable bonds is 4. The molecule has 5 nitrogen and oxygen atoms in total. The van der Waals surface area contributed by atoms with Crippen LogP contribution in [0.5, 0.6) is 0 Å². The molecule has 5 heteroatoms. The van der Waals surface area contributed by atoms with Crippen molar-refractivity contribution in [3.05, 3.63) is 29.8 Å². The first-order chi connectivity index (χ1) is 10.5. The van der Waals surface area contributed by atoms with Crippen molar-refractivity contribution in [3.8, 4) is 0 Å². The lowest BCUT2D eigenvalue weighted by molar-refractivity contribution is -0.118. The van der Waals surface area contributed by atoms with E-state index < -0.39 is 0 Å². The topological polar surface area (TPSA) is 75.4 Å². The van der Waals surface area contributed by atoms with Crippen LogP contribution >= 0.6 is 0 Å². The molecule has 1 aliphatic heterocycles. The van der Waals surface area contributed by atoms with Gasteiger partial charge in [-0.1, -0.05) is 13.8 Å². The van der Waals surface area contributed by atoms with Gasteiger partial charge < -0.3 is 16.0 Å². The molecule has 0 saturated carbocycles. The molecule has 3 N–H and O–H groups in total.